The zero-order chi connectivity index (χ0) is 16.3. The molecule has 0 aliphatic rings. The number of nitriles is 1. The maximum Gasteiger partial charge on any atom is 0.271 e. The highest BCUT2D eigenvalue weighted by molar-refractivity contribution is 5.71. The van der Waals surface area contributed by atoms with Crippen LogP contribution >= 0.6 is 0 Å². The Morgan fingerprint density at radius 1 is 1.36 bits per heavy atom. The summed E-state index contributed by atoms with van der Waals surface area (Å²) >= 11 is 0. The number of nitrogens with zero attached hydrogens (tertiary/aromatic N) is 3. The lowest BCUT2D eigenvalue weighted by atomic mass is 10.1. The van der Waals surface area contributed by atoms with Crippen molar-refractivity contribution in [2.75, 3.05) is 12.4 Å². The van der Waals surface area contributed by atoms with E-state index in [2.05, 4.69) is 16.4 Å². The van der Waals surface area contributed by atoms with E-state index in [4.69, 9.17) is 4.74 Å². The van der Waals surface area contributed by atoms with Gasteiger partial charge in [-0.05, 0) is 31.5 Å². The summed E-state index contributed by atoms with van der Waals surface area (Å²) in [6.45, 7) is 3.62. The molecule has 0 aliphatic heterocycles. The molecule has 7 nitrogen and oxygen atoms in total. The molecule has 0 atom stereocenters. The standard InChI is InChI=1S/C15H14N4O3/c1-9-6-10(2)17-15(12(9)8-16)18-13-7-11(19(20)21)4-5-14(13)22-3/h4-7H,1-3H3,(H,17,18). The van der Waals surface area contributed by atoms with Crippen molar-refractivity contribution in [3.05, 3.63) is 51.2 Å². The number of nitrogens with one attached hydrogen (secondary N) is 1. The highest BCUT2D eigenvalue weighted by atomic mass is 16.6. The first-order chi connectivity index (χ1) is 10.5. The van der Waals surface area contributed by atoms with Crippen molar-refractivity contribution in [2.24, 2.45) is 0 Å². The molecule has 112 valence electrons. The van der Waals surface area contributed by atoms with Gasteiger partial charge in [-0.25, -0.2) is 4.98 Å². The number of rotatable bonds is 4. The summed E-state index contributed by atoms with van der Waals surface area (Å²) in [5, 5.41) is 23.1. The second kappa shape index (κ2) is 6.10. The third-order valence-corrected chi connectivity index (χ3v) is 3.10. The molecule has 0 spiro atoms. The molecule has 2 aromatic rings. The van der Waals surface area contributed by atoms with Crippen LogP contribution in [-0.4, -0.2) is 17.0 Å². The molecule has 0 bridgehead atoms. The van der Waals surface area contributed by atoms with E-state index in [1.165, 1.54) is 25.3 Å². The van der Waals surface area contributed by atoms with Gasteiger partial charge in [-0.1, -0.05) is 0 Å². The topological polar surface area (TPSA) is 101 Å². The molecule has 0 aliphatic carbocycles. The number of pyridine rings is 1. The van der Waals surface area contributed by atoms with Gasteiger partial charge in [0, 0.05) is 17.8 Å². The predicted octanol–water partition coefficient (Wildman–Crippen LogP) is 3.23. The number of aryl methyl sites for hydroxylation is 2. The highest BCUT2D eigenvalue weighted by Gasteiger charge is 2.15. The summed E-state index contributed by atoms with van der Waals surface area (Å²) in [7, 11) is 1.46. The summed E-state index contributed by atoms with van der Waals surface area (Å²) < 4.78 is 5.19. The van der Waals surface area contributed by atoms with Gasteiger partial charge in [-0.2, -0.15) is 5.26 Å². The first kappa shape index (κ1) is 15.3. The fourth-order valence-electron chi connectivity index (χ4n) is 2.10. The number of aromatic nitrogens is 1. The Kier molecular flexibility index (Phi) is 4.23. The highest BCUT2D eigenvalue weighted by Crippen LogP contribution is 2.32. The van der Waals surface area contributed by atoms with Crippen molar-refractivity contribution in [3.63, 3.8) is 0 Å². The summed E-state index contributed by atoms with van der Waals surface area (Å²) in [6, 6.07) is 8.08. The number of hydrogen-bond donors (Lipinski definition) is 1. The number of nitro groups is 1. The van der Waals surface area contributed by atoms with E-state index in [-0.39, 0.29) is 5.69 Å². The minimum atomic E-state index is -0.495. The smallest absolute Gasteiger partial charge is 0.271 e. The Bertz CT molecular complexity index is 781. The van der Waals surface area contributed by atoms with E-state index in [1.807, 2.05) is 13.8 Å². The van der Waals surface area contributed by atoms with Crippen molar-refractivity contribution >= 4 is 17.2 Å². The van der Waals surface area contributed by atoms with Gasteiger partial charge in [0.15, 0.2) is 0 Å². The molecule has 22 heavy (non-hydrogen) atoms. The van der Waals surface area contributed by atoms with Crippen molar-refractivity contribution in [3.8, 4) is 11.8 Å². The third-order valence-electron chi connectivity index (χ3n) is 3.10. The average Bonchev–Trinajstić information content (AvgIpc) is 2.46. The maximum absolute atomic E-state index is 10.9. The second-order valence-electron chi connectivity index (χ2n) is 4.68. The molecular formula is C15H14N4O3. The molecule has 1 aromatic heterocycles. The summed E-state index contributed by atoms with van der Waals surface area (Å²) in [6.07, 6.45) is 0. The Morgan fingerprint density at radius 2 is 2.09 bits per heavy atom. The van der Waals surface area contributed by atoms with E-state index >= 15 is 0 Å². The molecule has 0 saturated heterocycles. The average molecular weight is 298 g/mol. The minimum Gasteiger partial charge on any atom is -0.495 e. The van der Waals surface area contributed by atoms with Gasteiger partial charge < -0.3 is 10.1 Å². The number of anilines is 2. The van der Waals surface area contributed by atoms with Crippen LogP contribution in [-0.2, 0) is 0 Å². The van der Waals surface area contributed by atoms with Crippen LogP contribution in [0.2, 0.25) is 0 Å². The van der Waals surface area contributed by atoms with Crippen LogP contribution in [0, 0.1) is 35.3 Å². The SMILES string of the molecule is COc1ccc([N+](=O)[O-])cc1Nc1nc(C)cc(C)c1C#N. The lowest BCUT2D eigenvalue weighted by Gasteiger charge is -2.13. The van der Waals surface area contributed by atoms with Gasteiger partial charge in [0.25, 0.3) is 5.69 Å². The van der Waals surface area contributed by atoms with Crippen molar-refractivity contribution in [1.29, 1.82) is 5.26 Å². The molecule has 0 saturated carbocycles. The normalized spacial score (nSPS) is 9.91. The van der Waals surface area contributed by atoms with Crippen molar-refractivity contribution in [2.45, 2.75) is 13.8 Å². The van der Waals surface area contributed by atoms with E-state index in [0.717, 1.165) is 11.3 Å². The number of benzene rings is 1. The molecule has 2 rings (SSSR count). The first-order valence-corrected chi connectivity index (χ1v) is 6.44. The largest absolute Gasteiger partial charge is 0.495 e. The zero-order valence-corrected chi connectivity index (χ0v) is 12.4. The van der Waals surface area contributed by atoms with E-state index in [0.29, 0.717) is 22.8 Å². The summed E-state index contributed by atoms with van der Waals surface area (Å²) in [4.78, 5) is 14.7. The van der Waals surface area contributed by atoms with Crippen LogP contribution in [0.5, 0.6) is 5.75 Å². The summed E-state index contributed by atoms with van der Waals surface area (Å²) in [5.74, 6) is 0.772. The molecule has 0 fully saturated rings. The number of nitro benzene ring substituents is 1. The van der Waals surface area contributed by atoms with Crippen LogP contribution in [0.4, 0.5) is 17.2 Å². The minimum absolute atomic E-state index is 0.0776. The van der Waals surface area contributed by atoms with Gasteiger partial charge >= 0.3 is 0 Å². The Balaban J connectivity index is 2.53. The predicted molar refractivity (Wildman–Crippen MR) is 81.4 cm³/mol. The van der Waals surface area contributed by atoms with E-state index in [1.54, 1.807) is 6.07 Å². The van der Waals surface area contributed by atoms with Gasteiger partial charge in [0.1, 0.15) is 17.6 Å². The van der Waals surface area contributed by atoms with Crippen LogP contribution in [0.3, 0.4) is 0 Å². The molecule has 0 amide bonds. The fraction of sp³-hybridized carbons (Fsp3) is 0.200. The van der Waals surface area contributed by atoms with E-state index < -0.39 is 4.92 Å². The number of ether oxygens (including phenoxy) is 1. The van der Waals surface area contributed by atoms with Gasteiger partial charge in [-0.3, -0.25) is 10.1 Å². The maximum atomic E-state index is 10.9. The summed E-state index contributed by atoms with van der Waals surface area (Å²) in [5.41, 5.74) is 2.21. The molecule has 0 radical (unpaired) electrons. The first-order valence-electron chi connectivity index (χ1n) is 6.44. The third kappa shape index (κ3) is 2.96. The molecular weight excluding hydrogens is 284 g/mol. The van der Waals surface area contributed by atoms with Gasteiger partial charge in [-0.15, -0.1) is 0 Å². The second-order valence-corrected chi connectivity index (χ2v) is 4.68. The Morgan fingerprint density at radius 3 is 2.68 bits per heavy atom. The fourth-order valence-corrected chi connectivity index (χ4v) is 2.10. The van der Waals surface area contributed by atoms with Crippen LogP contribution in [0.1, 0.15) is 16.8 Å². The van der Waals surface area contributed by atoms with Crippen LogP contribution in [0.15, 0.2) is 24.3 Å². The Hall–Kier alpha value is -3.14. The molecule has 0 unspecified atom stereocenters. The monoisotopic (exact) mass is 298 g/mol. The molecule has 1 heterocycles. The van der Waals surface area contributed by atoms with Crippen molar-refractivity contribution in [1.82, 2.24) is 4.98 Å². The molecule has 1 aromatic carbocycles. The van der Waals surface area contributed by atoms with E-state index in [9.17, 15) is 15.4 Å². The zero-order valence-electron chi connectivity index (χ0n) is 12.4. The van der Waals surface area contributed by atoms with Gasteiger partial charge in [0.05, 0.1) is 23.3 Å². The Labute approximate surface area is 127 Å². The van der Waals surface area contributed by atoms with Crippen molar-refractivity contribution < 1.29 is 9.66 Å². The number of methoxy groups -OCH3 is 1. The number of non-ortho nitro benzene ring substituents is 1. The molecule has 1 N–H and O–H groups in total. The molecule has 7 heteroatoms. The lowest BCUT2D eigenvalue weighted by Crippen LogP contribution is -2.03. The number of hydrogen-bond acceptors (Lipinski definition) is 6. The van der Waals surface area contributed by atoms with Crippen LogP contribution in [0.25, 0.3) is 0 Å². The lowest BCUT2D eigenvalue weighted by molar-refractivity contribution is -0.384. The van der Waals surface area contributed by atoms with Crippen LogP contribution < -0.4 is 10.1 Å². The quantitative estimate of drug-likeness (QED) is 0.687. The van der Waals surface area contributed by atoms with Gasteiger partial charge in [0.2, 0.25) is 0 Å².